The van der Waals surface area contributed by atoms with E-state index in [0.29, 0.717) is 35.4 Å². The Bertz CT molecular complexity index is 1210. The van der Waals surface area contributed by atoms with Crippen LogP contribution in [0.3, 0.4) is 0 Å². The third kappa shape index (κ3) is 3.31. The first-order chi connectivity index (χ1) is 13.8. The lowest BCUT2D eigenvalue weighted by Gasteiger charge is -2.15. The number of nitriles is 1. The van der Waals surface area contributed by atoms with Crippen molar-refractivity contribution in [2.24, 2.45) is 0 Å². The Morgan fingerprint density at radius 2 is 2.10 bits per heavy atom. The van der Waals surface area contributed by atoms with Gasteiger partial charge in [0.2, 0.25) is 0 Å². The maximum Gasteiger partial charge on any atom is 0.266 e. The molecule has 0 aliphatic heterocycles. The van der Waals surface area contributed by atoms with Gasteiger partial charge in [-0.25, -0.2) is 23.1 Å². The zero-order chi connectivity index (χ0) is 20.8. The number of aromatic nitrogens is 3. The highest BCUT2D eigenvalue weighted by Gasteiger charge is 2.46. The van der Waals surface area contributed by atoms with E-state index in [1.807, 2.05) is 0 Å². The van der Waals surface area contributed by atoms with Gasteiger partial charge in [0.05, 0.1) is 22.5 Å². The van der Waals surface area contributed by atoms with Crippen LogP contribution >= 0.6 is 0 Å². The first-order valence-electron chi connectivity index (χ1n) is 8.97. The molecule has 3 aromatic rings. The summed E-state index contributed by atoms with van der Waals surface area (Å²) in [5.41, 5.74) is -1.40. The molecule has 29 heavy (non-hydrogen) atoms. The van der Waals surface area contributed by atoms with Crippen LogP contribution in [0.1, 0.15) is 36.2 Å². The molecule has 1 saturated carbocycles. The predicted octanol–water partition coefficient (Wildman–Crippen LogP) is 3.80. The Labute approximate surface area is 163 Å². The van der Waals surface area contributed by atoms with Crippen molar-refractivity contribution in [1.82, 2.24) is 14.5 Å². The fourth-order valence-corrected chi connectivity index (χ4v) is 3.30. The quantitative estimate of drug-likeness (QED) is 0.706. The summed E-state index contributed by atoms with van der Waals surface area (Å²) in [7, 11) is 0. The van der Waals surface area contributed by atoms with E-state index >= 15 is 0 Å². The zero-order valence-corrected chi connectivity index (χ0v) is 15.4. The van der Waals surface area contributed by atoms with E-state index < -0.39 is 23.3 Å². The molecule has 0 bridgehead atoms. The van der Waals surface area contributed by atoms with Gasteiger partial charge in [0.15, 0.2) is 0 Å². The van der Waals surface area contributed by atoms with Gasteiger partial charge in [-0.05, 0) is 19.8 Å². The third-order valence-corrected chi connectivity index (χ3v) is 5.03. The van der Waals surface area contributed by atoms with Crippen molar-refractivity contribution in [3.8, 4) is 6.07 Å². The van der Waals surface area contributed by atoms with Gasteiger partial charge in [0.1, 0.15) is 23.0 Å². The molecular formula is C20H16F3N5O. The molecule has 0 saturated heterocycles. The normalized spacial score (nSPS) is 14.8. The van der Waals surface area contributed by atoms with E-state index in [1.54, 1.807) is 6.92 Å². The Morgan fingerprint density at radius 3 is 2.76 bits per heavy atom. The van der Waals surface area contributed by atoms with Crippen molar-refractivity contribution in [3.05, 3.63) is 63.6 Å². The van der Waals surface area contributed by atoms with Crippen molar-refractivity contribution >= 4 is 16.7 Å². The summed E-state index contributed by atoms with van der Waals surface area (Å²) in [5.74, 6) is -0.249. The largest absolute Gasteiger partial charge is 0.365 e. The molecule has 2 heterocycles. The Kier molecular flexibility index (Phi) is 4.49. The molecule has 9 heteroatoms. The van der Waals surface area contributed by atoms with Crippen molar-refractivity contribution < 1.29 is 13.2 Å². The minimum Gasteiger partial charge on any atom is -0.365 e. The monoisotopic (exact) mass is 399 g/mol. The predicted molar refractivity (Wildman–Crippen MR) is 100 cm³/mol. The molecule has 1 N–H and O–H groups in total. The van der Waals surface area contributed by atoms with Crippen LogP contribution < -0.4 is 10.9 Å². The molecule has 0 radical (unpaired) electrons. The second-order valence-electron chi connectivity index (χ2n) is 7.02. The summed E-state index contributed by atoms with van der Waals surface area (Å²) in [6.45, 7) is 1.56. The highest BCUT2D eigenvalue weighted by atomic mass is 19.3. The molecule has 0 amide bonds. The van der Waals surface area contributed by atoms with E-state index in [2.05, 4.69) is 21.4 Å². The first-order valence-corrected chi connectivity index (χ1v) is 8.97. The minimum atomic E-state index is -2.91. The molecule has 1 fully saturated rings. The summed E-state index contributed by atoms with van der Waals surface area (Å²) in [6, 6.07) is 7.33. The summed E-state index contributed by atoms with van der Waals surface area (Å²) in [6.07, 6.45) is -0.222. The van der Waals surface area contributed by atoms with Gasteiger partial charge in [0.25, 0.3) is 12.0 Å². The van der Waals surface area contributed by atoms with E-state index in [0.717, 1.165) is 6.07 Å². The van der Waals surface area contributed by atoms with Crippen LogP contribution in [0.5, 0.6) is 0 Å². The van der Waals surface area contributed by atoms with Crippen molar-refractivity contribution in [3.63, 3.8) is 0 Å². The molecule has 1 aliphatic rings. The van der Waals surface area contributed by atoms with Crippen molar-refractivity contribution in [2.75, 3.05) is 5.32 Å². The van der Waals surface area contributed by atoms with E-state index in [9.17, 15) is 23.2 Å². The zero-order valence-electron chi connectivity index (χ0n) is 15.4. The lowest BCUT2D eigenvalue weighted by molar-refractivity contribution is 0.146. The highest BCUT2D eigenvalue weighted by Crippen LogP contribution is 2.42. The average Bonchev–Trinajstić information content (AvgIpc) is 3.47. The van der Waals surface area contributed by atoms with Crippen LogP contribution in [0.2, 0.25) is 0 Å². The third-order valence-electron chi connectivity index (χ3n) is 5.03. The van der Waals surface area contributed by atoms with Crippen LogP contribution in [-0.2, 0) is 12.1 Å². The van der Waals surface area contributed by atoms with Gasteiger partial charge in [-0.15, -0.1) is 0 Å². The molecule has 2 aromatic heterocycles. The Balaban J connectivity index is 1.74. The number of anilines is 1. The maximum atomic E-state index is 14.3. The molecule has 0 unspecified atom stereocenters. The van der Waals surface area contributed by atoms with E-state index in [4.69, 9.17) is 0 Å². The lowest BCUT2D eigenvalue weighted by Crippen LogP contribution is -2.28. The molecule has 148 valence electrons. The lowest BCUT2D eigenvalue weighted by atomic mass is 10.1. The first kappa shape index (κ1) is 18.9. The number of nitrogens with zero attached hydrogens (tertiary/aromatic N) is 4. The number of nitrogens with one attached hydrogen (secondary N) is 1. The molecule has 1 aliphatic carbocycles. The van der Waals surface area contributed by atoms with Gasteiger partial charge in [-0.2, -0.15) is 5.26 Å². The fraction of sp³-hybridized carbons (Fsp3) is 0.300. The average molecular weight is 399 g/mol. The fourth-order valence-electron chi connectivity index (χ4n) is 3.30. The summed E-state index contributed by atoms with van der Waals surface area (Å²) < 4.78 is 41.5. The van der Waals surface area contributed by atoms with Gasteiger partial charge in [0, 0.05) is 24.4 Å². The second-order valence-corrected chi connectivity index (χ2v) is 7.02. The highest BCUT2D eigenvalue weighted by molar-refractivity contribution is 5.88. The number of fused-ring (bicyclic) bond motifs is 1. The topological polar surface area (TPSA) is 83.6 Å². The number of hydrogen-bond donors (Lipinski definition) is 1. The van der Waals surface area contributed by atoms with Crippen LogP contribution in [0, 0.1) is 24.1 Å². The number of hydrogen-bond acceptors (Lipinski definition) is 5. The number of aryl methyl sites for hydroxylation is 1. The van der Waals surface area contributed by atoms with Gasteiger partial charge >= 0.3 is 0 Å². The number of rotatable bonds is 5. The Hall–Kier alpha value is -3.41. The van der Waals surface area contributed by atoms with E-state index in [-0.39, 0.29) is 17.7 Å². The van der Waals surface area contributed by atoms with E-state index in [1.165, 1.54) is 29.0 Å². The van der Waals surface area contributed by atoms with Crippen LogP contribution in [0.25, 0.3) is 10.9 Å². The van der Waals surface area contributed by atoms with Gasteiger partial charge in [-0.3, -0.25) is 9.36 Å². The van der Waals surface area contributed by atoms with Crippen molar-refractivity contribution in [1.29, 1.82) is 5.26 Å². The Morgan fingerprint density at radius 1 is 1.34 bits per heavy atom. The molecule has 0 atom stereocenters. The smallest absolute Gasteiger partial charge is 0.266 e. The van der Waals surface area contributed by atoms with Gasteiger partial charge in [-0.1, -0.05) is 18.2 Å². The number of benzene rings is 1. The van der Waals surface area contributed by atoms with Crippen molar-refractivity contribution in [2.45, 2.75) is 38.3 Å². The van der Waals surface area contributed by atoms with Gasteiger partial charge < -0.3 is 5.32 Å². The van der Waals surface area contributed by atoms with Crippen LogP contribution in [0.4, 0.5) is 19.0 Å². The van der Waals surface area contributed by atoms with Crippen LogP contribution in [0.15, 0.2) is 35.3 Å². The standard InChI is InChI=1S/C20H16F3N5O/c1-11-26-15-7-16(29)28(20(10-24)5-6-20)9-14(15)19(27-11)25-8-12-3-2-4-13(17(12)21)18(22)23/h2-4,7,9,18H,5-6,8H2,1H3,(H,25,26,27). The summed E-state index contributed by atoms with van der Waals surface area (Å²) in [4.78, 5) is 21.0. The number of pyridine rings is 1. The molecule has 6 nitrogen and oxygen atoms in total. The second kappa shape index (κ2) is 6.88. The SMILES string of the molecule is Cc1nc(NCc2cccc(C(F)F)c2F)c2cn(C3(C#N)CC3)c(=O)cc2n1. The molecule has 1 aromatic carbocycles. The molecule has 0 spiro atoms. The molecule has 4 rings (SSSR count). The molecular weight excluding hydrogens is 383 g/mol. The summed E-state index contributed by atoms with van der Waals surface area (Å²) >= 11 is 0. The number of alkyl halides is 2. The number of halogens is 3. The maximum absolute atomic E-state index is 14.3. The minimum absolute atomic E-state index is 0.0659. The van der Waals surface area contributed by atoms with Crippen LogP contribution in [-0.4, -0.2) is 14.5 Å². The summed E-state index contributed by atoms with van der Waals surface area (Å²) in [5, 5.41) is 12.9.